The van der Waals surface area contributed by atoms with Gasteiger partial charge in [0.2, 0.25) is 11.6 Å². The first-order chi connectivity index (χ1) is 10.0. The Kier molecular flexibility index (Phi) is 4.28. The molecule has 2 rings (SSSR count). The number of nitrogens with two attached hydrogens (primary N) is 1. The Hall–Kier alpha value is -2.75. The molecule has 0 fully saturated rings. The van der Waals surface area contributed by atoms with E-state index in [1.165, 1.54) is 24.5 Å². The molecule has 10 heteroatoms. The number of aromatic nitrogens is 2. The number of hydrogen-bond donors (Lipinski definition) is 2. The monoisotopic (exact) mass is 353 g/mol. The number of amidine groups is 1. The van der Waals surface area contributed by atoms with Gasteiger partial charge in [-0.1, -0.05) is 21.1 Å². The third-order valence-corrected chi connectivity index (χ3v) is 2.83. The van der Waals surface area contributed by atoms with Crippen molar-refractivity contribution in [2.24, 2.45) is 10.9 Å². The fourth-order valence-corrected chi connectivity index (χ4v) is 1.80. The van der Waals surface area contributed by atoms with Gasteiger partial charge in [-0.05, 0) is 12.1 Å². The number of nitrogens with zero attached hydrogens (tertiary/aromatic N) is 4. The first kappa shape index (κ1) is 14.7. The lowest BCUT2D eigenvalue weighted by Crippen LogP contribution is -2.16. The smallest absolute Gasteiger partial charge is 0.312 e. The summed E-state index contributed by atoms with van der Waals surface area (Å²) >= 11 is 3.14. The maximum atomic E-state index is 11.0. The minimum atomic E-state index is -0.598. The second kappa shape index (κ2) is 6.13. The van der Waals surface area contributed by atoms with Crippen LogP contribution in [0.3, 0.4) is 0 Å². The Morgan fingerprint density at radius 2 is 2.14 bits per heavy atom. The molecule has 21 heavy (non-hydrogen) atoms. The lowest BCUT2D eigenvalue weighted by atomic mass is 10.3. The zero-order valence-electron chi connectivity index (χ0n) is 10.3. The van der Waals surface area contributed by atoms with Crippen LogP contribution in [0.5, 0.6) is 11.6 Å². The molecule has 0 bridgehead atoms. The van der Waals surface area contributed by atoms with Gasteiger partial charge in [-0.15, -0.1) is 0 Å². The Labute approximate surface area is 126 Å². The third kappa shape index (κ3) is 3.23. The van der Waals surface area contributed by atoms with E-state index >= 15 is 0 Å². The van der Waals surface area contributed by atoms with E-state index in [0.29, 0.717) is 4.47 Å². The van der Waals surface area contributed by atoms with Crippen LogP contribution in [0.4, 0.5) is 5.69 Å². The van der Waals surface area contributed by atoms with Crippen LogP contribution in [0.15, 0.2) is 40.2 Å². The summed E-state index contributed by atoms with van der Waals surface area (Å²) < 4.78 is 5.90. The van der Waals surface area contributed by atoms with Crippen molar-refractivity contribution < 1.29 is 14.9 Å². The normalized spacial score (nSPS) is 11.2. The molecule has 0 unspecified atom stereocenters. The highest BCUT2D eigenvalue weighted by molar-refractivity contribution is 9.10. The van der Waals surface area contributed by atoms with Crippen LogP contribution in [0.1, 0.15) is 5.69 Å². The number of oxime groups is 1. The molecule has 0 saturated carbocycles. The summed E-state index contributed by atoms with van der Waals surface area (Å²) in [5, 5.41) is 22.5. The van der Waals surface area contributed by atoms with E-state index in [2.05, 4.69) is 31.1 Å². The van der Waals surface area contributed by atoms with Gasteiger partial charge < -0.3 is 15.7 Å². The summed E-state index contributed by atoms with van der Waals surface area (Å²) in [5.74, 6) is -0.480. The van der Waals surface area contributed by atoms with E-state index in [1.807, 2.05) is 0 Å². The highest BCUT2D eigenvalue weighted by atomic mass is 79.9. The van der Waals surface area contributed by atoms with Crippen LogP contribution >= 0.6 is 15.9 Å². The number of nitro groups is 1. The maximum Gasteiger partial charge on any atom is 0.312 e. The Bertz CT molecular complexity index is 722. The molecule has 0 aliphatic carbocycles. The molecule has 2 aromatic rings. The van der Waals surface area contributed by atoms with Crippen molar-refractivity contribution >= 4 is 27.5 Å². The molecule has 1 aromatic heterocycles. The summed E-state index contributed by atoms with van der Waals surface area (Å²) in [5.41, 5.74) is 5.15. The fraction of sp³-hybridized carbons (Fsp3) is 0. The minimum Gasteiger partial charge on any atom is -0.430 e. The number of hydrogen-bond acceptors (Lipinski definition) is 7. The molecule has 0 aliphatic rings. The molecule has 108 valence electrons. The van der Waals surface area contributed by atoms with E-state index < -0.39 is 4.92 Å². The summed E-state index contributed by atoms with van der Waals surface area (Å²) in [6.07, 6.45) is 2.63. The van der Waals surface area contributed by atoms with Crippen LogP contribution in [-0.4, -0.2) is 25.9 Å². The average Bonchev–Trinajstić information content (AvgIpc) is 2.48. The summed E-state index contributed by atoms with van der Waals surface area (Å²) in [4.78, 5) is 18.2. The number of rotatable bonds is 4. The van der Waals surface area contributed by atoms with Gasteiger partial charge >= 0.3 is 5.69 Å². The number of nitro benzene ring substituents is 1. The molecule has 0 saturated heterocycles. The second-order valence-electron chi connectivity index (χ2n) is 3.67. The first-order valence-corrected chi connectivity index (χ1v) is 6.23. The van der Waals surface area contributed by atoms with Gasteiger partial charge in [0.15, 0.2) is 11.5 Å². The predicted molar refractivity (Wildman–Crippen MR) is 75.4 cm³/mol. The van der Waals surface area contributed by atoms with Crippen molar-refractivity contribution in [1.29, 1.82) is 0 Å². The standard InChI is InChI=1S/C11H8BrN5O4/c12-6-1-2-8(7(5-6)17(19)20)21-11-9(10(13)16-18)14-3-4-15-11/h1-5,18H,(H2,13,16). The van der Waals surface area contributed by atoms with Crippen molar-refractivity contribution in [2.75, 3.05) is 0 Å². The topological polar surface area (TPSA) is 137 Å². The van der Waals surface area contributed by atoms with Crippen LogP contribution in [0.2, 0.25) is 0 Å². The van der Waals surface area contributed by atoms with Crippen LogP contribution in [-0.2, 0) is 0 Å². The van der Waals surface area contributed by atoms with Gasteiger partial charge in [0.05, 0.1) is 4.92 Å². The molecular formula is C11H8BrN5O4. The molecule has 9 nitrogen and oxygen atoms in total. The van der Waals surface area contributed by atoms with Crippen LogP contribution < -0.4 is 10.5 Å². The number of halogens is 1. The predicted octanol–water partition coefficient (Wildman–Crippen LogP) is 2.03. The lowest BCUT2D eigenvalue weighted by Gasteiger charge is -2.08. The molecule has 0 atom stereocenters. The molecule has 0 spiro atoms. The molecule has 0 amide bonds. The maximum absolute atomic E-state index is 11.0. The van der Waals surface area contributed by atoms with Crippen LogP contribution in [0, 0.1) is 10.1 Å². The van der Waals surface area contributed by atoms with Crippen molar-refractivity contribution in [3.63, 3.8) is 0 Å². The quantitative estimate of drug-likeness (QED) is 0.282. The van der Waals surface area contributed by atoms with Crippen molar-refractivity contribution in [3.05, 3.63) is 50.9 Å². The van der Waals surface area contributed by atoms with Gasteiger partial charge in [0, 0.05) is 22.9 Å². The largest absolute Gasteiger partial charge is 0.430 e. The van der Waals surface area contributed by atoms with E-state index in [-0.39, 0.29) is 28.8 Å². The fourth-order valence-electron chi connectivity index (χ4n) is 1.45. The zero-order chi connectivity index (χ0) is 15.4. The van der Waals surface area contributed by atoms with Gasteiger partial charge in [0.1, 0.15) is 0 Å². The van der Waals surface area contributed by atoms with Crippen LogP contribution in [0.25, 0.3) is 0 Å². The summed E-state index contributed by atoms with van der Waals surface area (Å²) in [6.45, 7) is 0. The first-order valence-electron chi connectivity index (χ1n) is 5.43. The molecule has 3 N–H and O–H groups in total. The molecule has 0 aliphatic heterocycles. The zero-order valence-corrected chi connectivity index (χ0v) is 11.9. The molecule has 1 heterocycles. The highest BCUT2D eigenvalue weighted by Gasteiger charge is 2.19. The number of benzene rings is 1. The summed E-state index contributed by atoms with van der Waals surface area (Å²) in [7, 11) is 0. The SMILES string of the molecule is NC(=NO)c1nccnc1Oc1ccc(Br)cc1[N+](=O)[O-]. The molecular weight excluding hydrogens is 346 g/mol. The summed E-state index contributed by atoms with van der Waals surface area (Å²) in [6, 6.07) is 4.25. The second-order valence-corrected chi connectivity index (χ2v) is 4.58. The van der Waals surface area contributed by atoms with E-state index in [9.17, 15) is 10.1 Å². The van der Waals surface area contributed by atoms with E-state index in [1.54, 1.807) is 6.07 Å². The molecule has 0 radical (unpaired) electrons. The van der Waals surface area contributed by atoms with E-state index in [4.69, 9.17) is 15.7 Å². The third-order valence-electron chi connectivity index (χ3n) is 2.34. The average molecular weight is 354 g/mol. The number of ether oxygens (including phenoxy) is 1. The van der Waals surface area contributed by atoms with E-state index in [0.717, 1.165) is 0 Å². The van der Waals surface area contributed by atoms with Gasteiger partial charge in [-0.25, -0.2) is 9.97 Å². The van der Waals surface area contributed by atoms with Gasteiger partial charge in [0.25, 0.3) is 0 Å². The molecule has 1 aromatic carbocycles. The van der Waals surface area contributed by atoms with Gasteiger partial charge in [-0.3, -0.25) is 10.1 Å². The minimum absolute atomic E-state index is 0.0304. The van der Waals surface area contributed by atoms with Gasteiger partial charge in [-0.2, -0.15) is 0 Å². The Balaban J connectivity index is 2.46. The lowest BCUT2D eigenvalue weighted by molar-refractivity contribution is -0.385. The Morgan fingerprint density at radius 1 is 1.43 bits per heavy atom. The Morgan fingerprint density at radius 3 is 2.81 bits per heavy atom. The van der Waals surface area contributed by atoms with Crippen molar-refractivity contribution in [1.82, 2.24) is 9.97 Å². The van der Waals surface area contributed by atoms with Crippen molar-refractivity contribution in [2.45, 2.75) is 0 Å². The van der Waals surface area contributed by atoms with Crippen molar-refractivity contribution in [3.8, 4) is 11.6 Å². The highest BCUT2D eigenvalue weighted by Crippen LogP contribution is 2.33.